The number of carbonyl (C=O) groups excluding carboxylic acids is 1. The quantitative estimate of drug-likeness (QED) is 0.755. The molecule has 0 saturated carbocycles. The zero-order valence-corrected chi connectivity index (χ0v) is 11.5. The third-order valence-corrected chi connectivity index (χ3v) is 2.67. The molecule has 0 radical (unpaired) electrons. The number of halogens is 1. The number of nitrogens with one attached hydrogen (secondary N) is 1. The molecule has 1 unspecified atom stereocenters. The Labute approximate surface area is 114 Å². The summed E-state index contributed by atoms with van der Waals surface area (Å²) in [7, 11) is 0. The molecule has 18 heavy (non-hydrogen) atoms. The summed E-state index contributed by atoms with van der Waals surface area (Å²) < 4.78 is 0. The highest BCUT2D eigenvalue weighted by Gasteiger charge is 2.18. The van der Waals surface area contributed by atoms with Crippen molar-refractivity contribution in [3.63, 3.8) is 0 Å². The van der Waals surface area contributed by atoms with Crippen molar-refractivity contribution < 1.29 is 9.90 Å². The van der Waals surface area contributed by atoms with Crippen LogP contribution in [-0.2, 0) is 4.79 Å². The van der Waals surface area contributed by atoms with Gasteiger partial charge in [0.15, 0.2) is 0 Å². The SMILES string of the molecule is CC(C)[C@H](N)C(=O)NCC(O)c1ccccc1.Cl. The highest BCUT2D eigenvalue weighted by Crippen LogP contribution is 2.10. The predicted octanol–water partition coefficient (Wildman–Crippen LogP) is 1.24. The summed E-state index contributed by atoms with van der Waals surface area (Å²) in [4.78, 5) is 11.6. The first-order valence-electron chi connectivity index (χ1n) is 5.78. The molecule has 1 aromatic carbocycles. The second kappa shape index (κ2) is 8.08. The van der Waals surface area contributed by atoms with Gasteiger partial charge in [-0.2, -0.15) is 0 Å². The third-order valence-electron chi connectivity index (χ3n) is 2.67. The van der Waals surface area contributed by atoms with E-state index in [1.54, 1.807) is 0 Å². The van der Waals surface area contributed by atoms with Gasteiger partial charge in [-0.25, -0.2) is 0 Å². The zero-order chi connectivity index (χ0) is 12.8. The normalized spacial score (nSPS) is 13.6. The molecule has 4 nitrogen and oxygen atoms in total. The largest absolute Gasteiger partial charge is 0.387 e. The van der Waals surface area contributed by atoms with Crippen LogP contribution in [0.25, 0.3) is 0 Å². The average molecular weight is 273 g/mol. The second-order valence-electron chi connectivity index (χ2n) is 4.44. The van der Waals surface area contributed by atoms with Gasteiger partial charge in [-0.15, -0.1) is 12.4 Å². The average Bonchev–Trinajstić information content (AvgIpc) is 2.35. The molecule has 0 aliphatic heterocycles. The first-order chi connectivity index (χ1) is 8.02. The lowest BCUT2D eigenvalue weighted by Crippen LogP contribution is -2.45. The minimum atomic E-state index is -0.695. The van der Waals surface area contributed by atoms with Crippen molar-refractivity contribution in [3.05, 3.63) is 35.9 Å². The van der Waals surface area contributed by atoms with Crippen molar-refractivity contribution in [2.24, 2.45) is 11.7 Å². The fraction of sp³-hybridized carbons (Fsp3) is 0.462. The van der Waals surface area contributed by atoms with Crippen molar-refractivity contribution in [2.75, 3.05) is 6.54 Å². The molecule has 0 aromatic heterocycles. The van der Waals surface area contributed by atoms with Gasteiger partial charge in [-0.3, -0.25) is 4.79 Å². The van der Waals surface area contributed by atoms with Crippen LogP contribution in [0.2, 0.25) is 0 Å². The molecule has 0 fully saturated rings. The Hall–Kier alpha value is -1.10. The Morgan fingerprint density at radius 1 is 1.33 bits per heavy atom. The number of hydrogen-bond acceptors (Lipinski definition) is 3. The molecular formula is C13H21ClN2O2. The number of hydrogen-bond donors (Lipinski definition) is 3. The number of rotatable bonds is 5. The molecule has 1 aromatic rings. The molecule has 0 aliphatic carbocycles. The number of aliphatic hydroxyl groups is 1. The van der Waals surface area contributed by atoms with Crippen molar-refractivity contribution in [3.8, 4) is 0 Å². The van der Waals surface area contributed by atoms with E-state index in [-0.39, 0.29) is 30.8 Å². The van der Waals surface area contributed by atoms with E-state index in [0.717, 1.165) is 5.56 Å². The van der Waals surface area contributed by atoms with Crippen LogP contribution >= 0.6 is 12.4 Å². The van der Waals surface area contributed by atoms with Crippen LogP contribution in [0.5, 0.6) is 0 Å². The lowest BCUT2D eigenvalue weighted by atomic mass is 10.0. The van der Waals surface area contributed by atoms with Gasteiger partial charge in [-0.05, 0) is 11.5 Å². The highest BCUT2D eigenvalue weighted by atomic mass is 35.5. The standard InChI is InChI=1S/C13H20N2O2.ClH/c1-9(2)12(14)13(17)15-8-11(16)10-6-4-3-5-7-10;/h3-7,9,11-12,16H,8,14H2,1-2H3,(H,15,17);1H/t11?,12-;/m0./s1. The van der Waals surface area contributed by atoms with Gasteiger partial charge in [0.05, 0.1) is 12.1 Å². The maximum Gasteiger partial charge on any atom is 0.237 e. The van der Waals surface area contributed by atoms with Crippen molar-refractivity contribution in [2.45, 2.75) is 26.0 Å². The van der Waals surface area contributed by atoms with Crippen LogP contribution in [0.3, 0.4) is 0 Å². The Kier molecular flexibility index (Phi) is 7.59. The molecule has 1 amide bonds. The molecule has 102 valence electrons. The molecule has 0 heterocycles. The third kappa shape index (κ3) is 5.04. The van der Waals surface area contributed by atoms with Gasteiger partial charge in [0.1, 0.15) is 0 Å². The van der Waals surface area contributed by atoms with Crippen molar-refractivity contribution >= 4 is 18.3 Å². The lowest BCUT2D eigenvalue weighted by molar-refractivity contribution is -0.123. The Balaban J connectivity index is 0.00000289. The fourth-order valence-electron chi connectivity index (χ4n) is 1.41. The number of carbonyl (C=O) groups is 1. The van der Waals surface area contributed by atoms with E-state index < -0.39 is 12.1 Å². The van der Waals surface area contributed by atoms with Gasteiger partial charge >= 0.3 is 0 Å². The molecule has 0 aliphatic rings. The first-order valence-corrected chi connectivity index (χ1v) is 5.78. The van der Waals surface area contributed by atoms with Crippen molar-refractivity contribution in [1.29, 1.82) is 0 Å². The maximum atomic E-state index is 11.6. The van der Waals surface area contributed by atoms with Gasteiger partial charge in [0.2, 0.25) is 5.91 Å². The van der Waals surface area contributed by atoms with E-state index in [2.05, 4.69) is 5.32 Å². The highest BCUT2D eigenvalue weighted by molar-refractivity contribution is 5.85. The zero-order valence-electron chi connectivity index (χ0n) is 10.7. The Bertz CT molecular complexity index is 357. The monoisotopic (exact) mass is 272 g/mol. The Morgan fingerprint density at radius 2 is 1.89 bits per heavy atom. The molecular weight excluding hydrogens is 252 g/mol. The Morgan fingerprint density at radius 3 is 2.39 bits per heavy atom. The molecule has 2 atom stereocenters. The van der Waals surface area contributed by atoms with E-state index in [9.17, 15) is 9.90 Å². The van der Waals surface area contributed by atoms with E-state index in [1.165, 1.54) is 0 Å². The summed E-state index contributed by atoms with van der Waals surface area (Å²) in [5.74, 6) is -0.140. The molecule has 0 saturated heterocycles. The molecule has 5 heteroatoms. The van der Waals surface area contributed by atoms with Crippen LogP contribution in [0.15, 0.2) is 30.3 Å². The molecule has 1 rings (SSSR count). The van der Waals surface area contributed by atoms with E-state index in [0.29, 0.717) is 0 Å². The molecule has 4 N–H and O–H groups in total. The van der Waals surface area contributed by atoms with Crippen molar-refractivity contribution in [1.82, 2.24) is 5.32 Å². The lowest BCUT2D eigenvalue weighted by Gasteiger charge is -2.17. The topological polar surface area (TPSA) is 75.4 Å². The number of amides is 1. The summed E-state index contributed by atoms with van der Waals surface area (Å²) in [6.07, 6.45) is -0.695. The molecule has 0 spiro atoms. The second-order valence-corrected chi connectivity index (χ2v) is 4.44. The van der Waals surface area contributed by atoms with Crippen LogP contribution in [0, 0.1) is 5.92 Å². The summed E-state index contributed by atoms with van der Waals surface area (Å²) in [6, 6.07) is 8.68. The van der Waals surface area contributed by atoms with E-state index in [1.807, 2.05) is 44.2 Å². The first kappa shape index (κ1) is 16.9. The van der Waals surface area contributed by atoms with Gasteiger partial charge in [-0.1, -0.05) is 44.2 Å². The smallest absolute Gasteiger partial charge is 0.237 e. The molecule has 0 bridgehead atoms. The summed E-state index contributed by atoms with van der Waals surface area (Å²) in [5.41, 5.74) is 6.47. The van der Waals surface area contributed by atoms with Crippen LogP contribution in [-0.4, -0.2) is 23.6 Å². The number of aliphatic hydroxyl groups excluding tert-OH is 1. The number of benzene rings is 1. The van der Waals surface area contributed by atoms with Crippen LogP contribution < -0.4 is 11.1 Å². The summed E-state index contributed by atoms with van der Waals surface area (Å²) >= 11 is 0. The fourth-order valence-corrected chi connectivity index (χ4v) is 1.41. The van der Waals surface area contributed by atoms with Crippen LogP contribution in [0.4, 0.5) is 0 Å². The van der Waals surface area contributed by atoms with Crippen LogP contribution in [0.1, 0.15) is 25.5 Å². The minimum Gasteiger partial charge on any atom is -0.387 e. The predicted molar refractivity (Wildman–Crippen MR) is 74.5 cm³/mol. The van der Waals surface area contributed by atoms with E-state index in [4.69, 9.17) is 5.73 Å². The summed E-state index contributed by atoms with van der Waals surface area (Å²) in [6.45, 7) is 3.96. The van der Waals surface area contributed by atoms with E-state index >= 15 is 0 Å². The minimum absolute atomic E-state index is 0. The number of nitrogens with two attached hydrogens (primary N) is 1. The van der Waals surface area contributed by atoms with Gasteiger partial charge < -0.3 is 16.2 Å². The maximum absolute atomic E-state index is 11.6. The van der Waals surface area contributed by atoms with Gasteiger partial charge in [0.25, 0.3) is 0 Å². The van der Waals surface area contributed by atoms with Gasteiger partial charge in [0, 0.05) is 6.54 Å². The summed E-state index contributed by atoms with van der Waals surface area (Å²) in [5, 5.41) is 12.5.